The molecule has 4 heterocycles. The molecule has 0 bridgehead atoms. The van der Waals surface area contributed by atoms with E-state index in [0.29, 0.717) is 47.5 Å². The molecule has 2 aliphatic rings. The van der Waals surface area contributed by atoms with Crippen LogP contribution in [-0.2, 0) is 11.3 Å². The Bertz CT molecular complexity index is 1650. The highest BCUT2D eigenvalue weighted by Crippen LogP contribution is 2.35. The molecule has 13 nitrogen and oxygen atoms in total. The van der Waals surface area contributed by atoms with E-state index < -0.39 is 0 Å². The second-order valence-electron chi connectivity index (χ2n) is 11.8. The summed E-state index contributed by atoms with van der Waals surface area (Å²) >= 11 is 6.43. The van der Waals surface area contributed by atoms with E-state index in [1.54, 1.807) is 24.7 Å². The van der Waals surface area contributed by atoms with Crippen molar-refractivity contribution in [2.75, 3.05) is 38.2 Å². The Balaban J connectivity index is 1.14. The molecule has 6 rings (SSSR count). The maximum Gasteiger partial charge on any atom is 0.257 e. The van der Waals surface area contributed by atoms with Crippen molar-refractivity contribution in [1.82, 2.24) is 29.6 Å². The Hall–Kier alpha value is -4.59. The Morgan fingerprint density at radius 3 is 2.60 bits per heavy atom. The van der Waals surface area contributed by atoms with Crippen LogP contribution in [0.25, 0.3) is 11.1 Å². The van der Waals surface area contributed by atoms with E-state index in [9.17, 15) is 0 Å². The summed E-state index contributed by atoms with van der Waals surface area (Å²) in [6, 6.07) is 12.2. The first-order valence-corrected chi connectivity index (χ1v) is 16.6. The smallest absolute Gasteiger partial charge is 0.257 e. The third kappa shape index (κ3) is 8.85. The first kappa shape index (κ1) is 33.3. The predicted octanol–water partition coefficient (Wildman–Crippen LogP) is 5.31. The van der Waals surface area contributed by atoms with Crippen molar-refractivity contribution in [2.24, 2.45) is 15.7 Å². The van der Waals surface area contributed by atoms with E-state index in [2.05, 4.69) is 35.2 Å². The third-order valence-electron chi connectivity index (χ3n) is 8.47. The highest BCUT2D eigenvalue weighted by molar-refractivity contribution is 6.32. The average Bonchev–Trinajstić information content (AvgIpc) is 3.53. The number of nitrogens with zero attached hydrogens (tertiary/aromatic N) is 8. The van der Waals surface area contributed by atoms with Crippen molar-refractivity contribution < 1.29 is 14.2 Å². The van der Waals surface area contributed by atoms with Gasteiger partial charge in [-0.2, -0.15) is 0 Å². The van der Waals surface area contributed by atoms with E-state index in [0.717, 1.165) is 68.8 Å². The fourth-order valence-corrected chi connectivity index (χ4v) is 6.14. The number of aromatic nitrogens is 5. The topological polar surface area (TPSA) is 150 Å². The molecule has 0 unspecified atom stereocenters. The van der Waals surface area contributed by atoms with Gasteiger partial charge in [-0.25, -0.2) is 15.0 Å². The number of nitrogens with one attached hydrogen (secondary N) is 1. The van der Waals surface area contributed by atoms with Crippen LogP contribution in [0.1, 0.15) is 44.3 Å². The number of ether oxygens (including phenoxy) is 3. The Morgan fingerprint density at radius 2 is 1.85 bits per heavy atom. The van der Waals surface area contributed by atoms with Crippen LogP contribution < -0.4 is 20.5 Å². The van der Waals surface area contributed by atoms with Gasteiger partial charge in [0.25, 0.3) is 5.88 Å². The molecule has 2 fully saturated rings. The molecule has 3 aromatic heterocycles. The molecule has 14 heteroatoms. The third-order valence-corrected chi connectivity index (χ3v) is 8.78. The number of aliphatic imine (C=N–C) groups is 2. The number of halogens is 1. The normalized spacial score (nSPS) is 19.5. The molecule has 1 aliphatic heterocycles. The fraction of sp³-hybridized carbons (Fsp3) is 0.412. The number of hydrogen-bond donors (Lipinski definition) is 2. The van der Waals surface area contributed by atoms with Gasteiger partial charge in [-0.05, 0) is 62.4 Å². The summed E-state index contributed by atoms with van der Waals surface area (Å²) in [5, 5.41) is 8.72. The highest BCUT2D eigenvalue weighted by Gasteiger charge is 2.29. The lowest BCUT2D eigenvalue weighted by Crippen LogP contribution is -2.45. The van der Waals surface area contributed by atoms with Crippen LogP contribution in [0.3, 0.4) is 0 Å². The summed E-state index contributed by atoms with van der Waals surface area (Å²) in [6.07, 6.45) is 14.0. The number of rotatable bonds is 13. The van der Waals surface area contributed by atoms with Gasteiger partial charge in [0.15, 0.2) is 0 Å². The summed E-state index contributed by atoms with van der Waals surface area (Å²) in [5.74, 6) is 1.45. The second kappa shape index (κ2) is 16.5. The van der Waals surface area contributed by atoms with Crippen molar-refractivity contribution in [2.45, 2.75) is 57.4 Å². The highest BCUT2D eigenvalue weighted by atomic mass is 35.5. The van der Waals surface area contributed by atoms with Crippen molar-refractivity contribution in [3.63, 3.8) is 0 Å². The first-order valence-electron chi connectivity index (χ1n) is 16.3. The zero-order valence-electron chi connectivity index (χ0n) is 27.0. The Labute approximate surface area is 285 Å². The molecule has 1 saturated carbocycles. The van der Waals surface area contributed by atoms with Crippen LogP contribution in [0.4, 0.5) is 11.6 Å². The van der Waals surface area contributed by atoms with E-state index >= 15 is 0 Å². The van der Waals surface area contributed by atoms with Gasteiger partial charge in [-0.1, -0.05) is 23.7 Å². The minimum absolute atomic E-state index is 0.223. The SMILES string of the molecule is C[C@@H](CN=CN=CN)Oc1cc(-c2cnc(Nc3cn(C4CCC(N5CCOCC5)CC4)nc3OCc3ccccn3)nc2)ccc1Cl. The lowest BCUT2D eigenvalue weighted by Gasteiger charge is -2.38. The van der Waals surface area contributed by atoms with Crippen LogP contribution in [0.5, 0.6) is 11.6 Å². The van der Waals surface area contributed by atoms with Crippen LogP contribution >= 0.6 is 11.6 Å². The Kier molecular flexibility index (Phi) is 11.4. The van der Waals surface area contributed by atoms with E-state index in [4.69, 9.17) is 36.6 Å². The molecular weight excluding hydrogens is 632 g/mol. The summed E-state index contributed by atoms with van der Waals surface area (Å²) in [5.41, 5.74) is 8.43. The van der Waals surface area contributed by atoms with Crippen molar-refractivity contribution >= 4 is 35.9 Å². The van der Waals surface area contributed by atoms with Gasteiger partial charge in [0.05, 0.1) is 49.1 Å². The zero-order chi connectivity index (χ0) is 33.1. The molecule has 3 N–H and O–H groups in total. The largest absolute Gasteiger partial charge is 0.487 e. The van der Waals surface area contributed by atoms with Crippen molar-refractivity contribution in [3.8, 4) is 22.8 Å². The lowest BCUT2D eigenvalue weighted by atomic mass is 9.90. The second-order valence-corrected chi connectivity index (χ2v) is 12.2. The molecule has 0 amide bonds. The number of anilines is 2. The van der Waals surface area contributed by atoms with Gasteiger partial charge in [0.1, 0.15) is 30.5 Å². The van der Waals surface area contributed by atoms with Crippen LogP contribution in [0.2, 0.25) is 5.02 Å². The van der Waals surface area contributed by atoms with Gasteiger partial charge in [-0.3, -0.25) is 19.6 Å². The average molecular weight is 673 g/mol. The molecule has 0 spiro atoms. The number of hydrogen-bond acceptors (Lipinski definition) is 10. The molecule has 48 heavy (non-hydrogen) atoms. The zero-order valence-corrected chi connectivity index (χ0v) is 27.7. The summed E-state index contributed by atoms with van der Waals surface area (Å²) in [6.45, 7) is 6.29. The molecule has 4 aromatic rings. The van der Waals surface area contributed by atoms with Gasteiger partial charge >= 0.3 is 0 Å². The van der Waals surface area contributed by atoms with Gasteiger partial charge < -0.3 is 25.3 Å². The first-order chi connectivity index (χ1) is 23.6. The minimum Gasteiger partial charge on any atom is -0.487 e. The number of morpholine rings is 1. The van der Waals surface area contributed by atoms with Crippen molar-refractivity contribution in [3.05, 3.63) is 71.9 Å². The number of nitrogens with two attached hydrogens (primary N) is 1. The summed E-state index contributed by atoms with van der Waals surface area (Å²) in [4.78, 5) is 24.1. The lowest BCUT2D eigenvalue weighted by molar-refractivity contribution is 0.00502. The van der Waals surface area contributed by atoms with Crippen LogP contribution in [0.15, 0.2) is 71.2 Å². The Morgan fingerprint density at radius 1 is 1.06 bits per heavy atom. The van der Waals surface area contributed by atoms with Gasteiger partial charge in [0, 0.05) is 43.3 Å². The summed E-state index contributed by atoms with van der Waals surface area (Å²) in [7, 11) is 0. The molecule has 0 radical (unpaired) electrons. The molecular formula is C34H41ClN10O3. The fourth-order valence-electron chi connectivity index (χ4n) is 5.98. The van der Waals surface area contributed by atoms with E-state index in [-0.39, 0.29) is 12.1 Å². The monoisotopic (exact) mass is 672 g/mol. The molecule has 1 aliphatic carbocycles. The maximum absolute atomic E-state index is 6.43. The quantitative estimate of drug-likeness (QED) is 0.141. The van der Waals surface area contributed by atoms with E-state index in [1.807, 2.05) is 48.1 Å². The van der Waals surface area contributed by atoms with Gasteiger partial charge in [0.2, 0.25) is 5.95 Å². The number of pyridine rings is 1. The molecule has 252 valence electrons. The number of benzene rings is 1. The summed E-state index contributed by atoms with van der Waals surface area (Å²) < 4.78 is 19.8. The predicted molar refractivity (Wildman–Crippen MR) is 186 cm³/mol. The van der Waals surface area contributed by atoms with Crippen molar-refractivity contribution in [1.29, 1.82) is 0 Å². The molecule has 1 atom stereocenters. The van der Waals surface area contributed by atoms with Crippen LogP contribution in [-0.4, -0.2) is 87.3 Å². The van der Waals surface area contributed by atoms with E-state index in [1.165, 1.54) is 12.7 Å². The molecule has 1 aromatic carbocycles. The minimum atomic E-state index is -0.223. The van der Waals surface area contributed by atoms with Crippen LogP contribution in [0, 0.1) is 0 Å². The maximum atomic E-state index is 6.43. The molecule has 1 saturated heterocycles. The van der Waals surface area contributed by atoms with Gasteiger partial charge in [-0.15, -0.1) is 5.10 Å². The standard InChI is InChI=1S/C34H41ClN10O3/c1-24(17-37-23-38-22-36)48-32-16-25(5-10-30(32)35)26-18-40-34(41-19-26)42-31-20-45(43-33(31)47-21-27-4-2-3-11-39-27)29-8-6-28(7-9-29)44-12-14-46-15-13-44/h2-5,10-11,16,18-20,22-24,28-29H,6-9,12-15,17,21H2,1H3,(H2,36,37,38)(H,40,41,42)/t24-,28?,29?/m0/s1.